The van der Waals surface area contributed by atoms with E-state index in [2.05, 4.69) is 20.8 Å². The molecule has 1 aromatic carbocycles. The summed E-state index contributed by atoms with van der Waals surface area (Å²) in [7, 11) is 0. The minimum Gasteiger partial charge on any atom is -0.423 e. The maximum atomic E-state index is 6.23. The monoisotopic (exact) mass is 278 g/mol. The number of hydrogen-bond acceptors (Lipinski definition) is 5. The van der Waals surface area contributed by atoms with Gasteiger partial charge in [0.15, 0.2) is 0 Å². The minimum absolute atomic E-state index is 0.455. The first-order valence-corrected chi connectivity index (χ1v) is 6.74. The Morgan fingerprint density at radius 3 is 2.89 bits per heavy atom. The molecule has 100 valence electrons. The molecule has 0 bridgehead atoms. The van der Waals surface area contributed by atoms with Crippen molar-refractivity contribution in [1.82, 2.24) is 15.5 Å². The Hall–Kier alpha value is -1.59. The van der Waals surface area contributed by atoms with Crippen molar-refractivity contribution < 1.29 is 4.42 Å². The standard InChI is InChI=1S/C13H15ClN4O/c14-11-2-1-9(13-18-16-8-19-13)7-12(11)17-10-3-5-15-6-4-10/h1-2,7-8,10,15,17H,3-6H2. The number of piperidine rings is 1. The highest BCUT2D eigenvalue weighted by Gasteiger charge is 2.15. The fraction of sp³-hybridized carbons (Fsp3) is 0.385. The molecule has 5 nitrogen and oxygen atoms in total. The fourth-order valence-electron chi connectivity index (χ4n) is 2.25. The number of benzene rings is 1. The Morgan fingerprint density at radius 2 is 2.16 bits per heavy atom. The zero-order valence-corrected chi connectivity index (χ0v) is 11.2. The summed E-state index contributed by atoms with van der Waals surface area (Å²) in [5, 5.41) is 15.1. The lowest BCUT2D eigenvalue weighted by Gasteiger charge is -2.25. The van der Waals surface area contributed by atoms with Gasteiger partial charge in [0.25, 0.3) is 0 Å². The van der Waals surface area contributed by atoms with Crippen LogP contribution in [0.1, 0.15) is 12.8 Å². The van der Waals surface area contributed by atoms with Crippen LogP contribution in [0.2, 0.25) is 5.02 Å². The lowest BCUT2D eigenvalue weighted by molar-refractivity contribution is 0.479. The van der Waals surface area contributed by atoms with Crippen molar-refractivity contribution in [3.05, 3.63) is 29.6 Å². The molecule has 0 aliphatic carbocycles. The van der Waals surface area contributed by atoms with Crippen molar-refractivity contribution in [3.63, 3.8) is 0 Å². The Kier molecular flexibility index (Phi) is 3.66. The molecule has 0 unspecified atom stereocenters. The van der Waals surface area contributed by atoms with Gasteiger partial charge in [0.1, 0.15) is 0 Å². The number of halogens is 1. The van der Waals surface area contributed by atoms with E-state index in [4.69, 9.17) is 16.0 Å². The van der Waals surface area contributed by atoms with Crippen molar-refractivity contribution >= 4 is 17.3 Å². The van der Waals surface area contributed by atoms with E-state index < -0.39 is 0 Å². The first-order chi connectivity index (χ1) is 9.33. The summed E-state index contributed by atoms with van der Waals surface area (Å²) < 4.78 is 5.20. The summed E-state index contributed by atoms with van der Waals surface area (Å²) in [6.45, 7) is 2.08. The van der Waals surface area contributed by atoms with E-state index >= 15 is 0 Å². The summed E-state index contributed by atoms with van der Waals surface area (Å²) in [4.78, 5) is 0. The molecule has 6 heteroatoms. The second-order valence-corrected chi connectivity index (χ2v) is 5.01. The smallest absolute Gasteiger partial charge is 0.247 e. The van der Waals surface area contributed by atoms with Gasteiger partial charge in [0.05, 0.1) is 10.7 Å². The van der Waals surface area contributed by atoms with Gasteiger partial charge in [-0.1, -0.05) is 11.6 Å². The average molecular weight is 279 g/mol. The van der Waals surface area contributed by atoms with Gasteiger partial charge in [0, 0.05) is 11.6 Å². The molecule has 1 fully saturated rings. The van der Waals surface area contributed by atoms with Crippen LogP contribution in [-0.2, 0) is 0 Å². The number of nitrogens with one attached hydrogen (secondary N) is 2. The van der Waals surface area contributed by atoms with Gasteiger partial charge in [-0.2, -0.15) is 0 Å². The van der Waals surface area contributed by atoms with Gasteiger partial charge in [-0.3, -0.25) is 0 Å². The number of hydrogen-bond donors (Lipinski definition) is 2. The predicted molar refractivity (Wildman–Crippen MR) is 74.3 cm³/mol. The SMILES string of the molecule is Clc1ccc(-c2nnco2)cc1NC1CCNCC1. The van der Waals surface area contributed by atoms with Crippen LogP contribution < -0.4 is 10.6 Å². The normalized spacial score (nSPS) is 16.5. The predicted octanol–water partition coefficient (Wildman–Crippen LogP) is 2.55. The van der Waals surface area contributed by atoms with Gasteiger partial charge in [-0.05, 0) is 44.1 Å². The number of aromatic nitrogens is 2. The lowest BCUT2D eigenvalue weighted by atomic mass is 10.1. The van der Waals surface area contributed by atoms with Crippen LogP contribution in [0.3, 0.4) is 0 Å². The maximum absolute atomic E-state index is 6.23. The zero-order chi connectivity index (χ0) is 13.1. The molecule has 0 radical (unpaired) electrons. The third kappa shape index (κ3) is 2.88. The molecule has 0 amide bonds. The van der Waals surface area contributed by atoms with E-state index in [1.807, 2.05) is 18.2 Å². The Labute approximate surface area is 116 Å². The molecule has 1 aromatic heterocycles. The van der Waals surface area contributed by atoms with Gasteiger partial charge in [0.2, 0.25) is 12.3 Å². The average Bonchev–Trinajstić information content (AvgIpc) is 2.96. The van der Waals surface area contributed by atoms with Gasteiger partial charge in [-0.15, -0.1) is 10.2 Å². The summed E-state index contributed by atoms with van der Waals surface area (Å²) >= 11 is 6.23. The van der Waals surface area contributed by atoms with Crippen LogP contribution in [0.15, 0.2) is 29.0 Å². The molecule has 1 aliphatic heterocycles. The molecule has 0 atom stereocenters. The van der Waals surface area contributed by atoms with Gasteiger partial charge < -0.3 is 15.1 Å². The first-order valence-electron chi connectivity index (χ1n) is 6.36. The van der Waals surface area contributed by atoms with Crippen LogP contribution in [0.4, 0.5) is 5.69 Å². The second-order valence-electron chi connectivity index (χ2n) is 4.61. The van der Waals surface area contributed by atoms with E-state index in [1.165, 1.54) is 6.39 Å². The highest BCUT2D eigenvalue weighted by Crippen LogP contribution is 2.29. The Balaban J connectivity index is 1.81. The highest BCUT2D eigenvalue weighted by atomic mass is 35.5. The van der Waals surface area contributed by atoms with Gasteiger partial charge in [-0.25, -0.2) is 0 Å². The largest absolute Gasteiger partial charge is 0.423 e. The minimum atomic E-state index is 0.455. The molecule has 1 saturated heterocycles. The number of anilines is 1. The molecule has 2 N–H and O–H groups in total. The van der Waals surface area contributed by atoms with E-state index in [1.54, 1.807) is 0 Å². The van der Waals surface area contributed by atoms with E-state index in [0.717, 1.165) is 37.2 Å². The Morgan fingerprint density at radius 1 is 1.32 bits per heavy atom. The molecule has 2 aromatic rings. The molecular formula is C13H15ClN4O. The number of nitrogens with zero attached hydrogens (tertiary/aromatic N) is 2. The van der Waals surface area contributed by atoms with Crippen LogP contribution in [0, 0.1) is 0 Å². The second kappa shape index (κ2) is 5.59. The van der Waals surface area contributed by atoms with E-state index in [0.29, 0.717) is 17.0 Å². The van der Waals surface area contributed by atoms with Crippen LogP contribution in [0.25, 0.3) is 11.5 Å². The zero-order valence-electron chi connectivity index (χ0n) is 10.4. The quantitative estimate of drug-likeness (QED) is 0.903. The molecule has 0 spiro atoms. The topological polar surface area (TPSA) is 63.0 Å². The van der Waals surface area contributed by atoms with Crippen LogP contribution in [0.5, 0.6) is 0 Å². The molecular weight excluding hydrogens is 264 g/mol. The fourth-order valence-corrected chi connectivity index (χ4v) is 2.43. The highest BCUT2D eigenvalue weighted by molar-refractivity contribution is 6.33. The molecule has 0 saturated carbocycles. The van der Waals surface area contributed by atoms with Crippen molar-refractivity contribution in [2.75, 3.05) is 18.4 Å². The van der Waals surface area contributed by atoms with E-state index in [9.17, 15) is 0 Å². The summed E-state index contributed by atoms with van der Waals surface area (Å²) in [5.74, 6) is 0.505. The summed E-state index contributed by atoms with van der Waals surface area (Å²) in [5.41, 5.74) is 1.79. The Bertz CT molecular complexity index is 538. The maximum Gasteiger partial charge on any atom is 0.247 e. The molecule has 3 rings (SSSR count). The van der Waals surface area contributed by atoms with Crippen LogP contribution in [-0.4, -0.2) is 29.3 Å². The third-order valence-electron chi connectivity index (χ3n) is 3.27. The van der Waals surface area contributed by atoms with Gasteiger partial charge >= 0.3 is 0 Å². The molecule has 2 heterocycles. The van der Waals surface area contributed by atoms with E-state index in [-0.39, 0.29) is 0 Å². The van der Waals surface area contributed by atoms with Crippen molar-refractivity contribution in [2.24, 2.45) is 0 Å². The van der Waals surface area contributed by atoms with Crippen molar-refractivity contribution in [2.45, 2.75) is 18.9 Å². The van der Waals surface area contributed by atoms with Crippen molar-refractivity contribution in [3.8, 4) is 11.5 Å². The van der Waals surface area contributed by atoms with Crippen molar-refractivity contribution in [1.29, 1.82) is 0 Å². The van der Waals surface area contributed by atoms with Crippen LogP contribution >= 0.6 is 11.6 Å². The lowest BCUT2D eigenvalue weighted by Crippen LogP contribution is -2.35. The molecule has 1 aliphatic rings. The number of rotatable bonds is 3. The summed E-state index contributed by atoms with van der Waals surface area (Å²) in [6.07, 6.45) is 3.52. The first kappa shape index (κ1) is 12.4. The summed E-state index contributed by atoms with van der Waals surface area (Å²) in [6, 6.07) is 6.14. The molecule has 19 heavy (non-hydrogen) atoms. The third-order valence-corrected chi connectivity index (χ3v) is 3.60.